The Morgan fingerprint density at radius 2 is 2.07 bits per heavy atom. The molecular weight excluding hydrogens is 262 g/mol. The molecule has 4 heteroatoms. The number of benzene rings is 1. The molecule has 1 unspecified atom stereocenters. The molecule has 0 heterocycles. The molecule has 82 valence electrons. The number of rotatable bonds is 4. The van der Waals surface area contributed by atoms with E-state index in [0.717, 1.165) is 4.46 Å². The fourth-order valence-electron chi connectivity index (χ4n) is 1.09. The Balaban J connectivity index is 2.81. The van der Waals surface area contributed by atoms with E-state index in [1.54, 1.807) is 6.92 Å². The first kappa shape index (κ1) is 12.2. The fourth-order valence-corrected chi connectivity index (χ4v) is 3.26. The molecule has 0 radical (unpaired) electrons. The second-order valence-electron chi connectivity index (χ2n) is 3.27. The summed E-state index contributed by atoms with van der Waals surface area (Å²) < 4.78 is 17.5. The molecular formula is C11H13FO2Se. The van der Waals surface area contributed by atoms with Gasteiger partial charge in [0.25, 0.3) is 0 Å². The van der Waals surface area contributed by atoms with Gasteiger partial charge in [0.15, 0.2) is 0 Å². The molecule has 0 aromatic heterocycles. The summed E-state index contributed by atoms with van der Waals surface area (Å²) >= 11 is -0.254. The number of ether oxygens (including phenoxy) is 1. The van der Waals surface area contributed by atoms with Gasteiger partial charge < -0.3 is 0 Å². The third kappa shape index (κ3) is 3.05. The molecule has 1 aromatic carbocycles. The summed E-state index contributed by atoms with van der Waals surface area (Å²) in [6.45, 7) is 0.917. The van der Waals surface area contributed by atoms with E-state index in [1.807, 2.05) is 30.3 Å². The molecule has 0 amide bonds. The van der Waals surface area contributed by atoms with Crippen LogP contribution in [0.3, 0.4) is 0 Å². The Morgan fingerprint density at radius 1 is 1.47 bits per heavy atom. The van der Waals surface area contributed by atoms with E-state index in [9.17, 15) is 9.18 Å². The maximum absolute atomic E-state index is 12.9. The first-order valence-corrected chi connectivity index (χ1v) is 6.22. The second-order valence-corrected chi connectivity index (χ2v) is 6.58. The maximum atomic E-state index is 12.9. The molecule has 15 heavy (non-hydrogen) atoms. The summed E-state index contributed by atoms with van der Waals surface area (Å²) in [5.41, 5.74) is 0. The molecule has 0 aliphatic rings. The van der Waals surface area contributed by atoms with E-state index in [0.29, 0.717) is 0 Å². The van der Waals surface area contributed by atoms with E-state index in [2.05, 4.69) is 4.74 Å². The van der Waals surface area contributed by atoms with Gasteiger partial charge in [0.2, 0.25) is 0 Å². The third-order valence-electron chi connectivity index (χ3n) is 1.96. The number of hydrogen-bond donors (Lipinski definition) is 0. The molecule has 2 nitrogen and oxygen atoms in total. The number of hydrogen-bond acceptors (Lipinski definition) is 2. The minimum atomic E-state index is -1.01. The molecule has 0 bridgehead atoms. The van der Waals surface area contributed by atoms with E-state index in [4.69, 9.17) is 0 Å². The van der Waals surface area contributed by atoms with Crippen LogP contribution < -0.4 is 4.46 Å². The minimum absolute atomic E-state index is 0.254. The van der Waals surface area contributed by atoms with Crippen molar-refractivity contribution >= 4 is 25.4 Å². The van der Waals surface area contributed by atoms with Gasteiger partial charge in [0.05, 0.1) is 0 Å². The second kappa shape index (κ2) is 5.29. The van der Waals surface area contributed by atoms with Crippen LogP contribution in [0.15, 0.2) is 30.3 Å². The Kier molecular flexibility index (Phi) is 4.30. The fraction of sp³-hybridized carbons (Fsp3) is 0.364. The van der Waals surface area contributed by atoms with Crippen molar-refractivity contribution in [2.24, 2.45) is 0 Å². The predicted molar refractivity (Wildman–Crippen MR) is 58.2 cm³/mol. The van der Waals surface area contributed by atoms with Gasteiger partial charge in [0, 0.05) is 0 Å². The Bertz CT molecular complexity index is 329. The average Bonchev–Trinajstić information content (AvgIpc) is 2.29. The van der Waals surface area contributed by atoms with Crippen molar-refractivity contribution in [2.75, 3.05) is 13.8 Å². The van der Waals surface area contributed by atoms with E-state index >= 15 is 0 Å². The average molecular weight is 275 g/mol. The van der Waals surface area contributed by atoms with Crippen LogP contribution in [0.4, 0.5) is 4.39 Å². The Labute approximate surface area is 95.0 Å². The zero-order valence-corrected chi connectivity index (χ0v) is 10.4. The van der Waals surface area contributed by atoms with Crippen molar-refractivity contribution in [3.05, 3.63) is 30.3 Å². The van der Waals surface area contributed by atoms with Gasteiger partial charge in [-0.3, -0.25) is 0 Å². The van der Waals surface area contributed by atoms with Gasteiger partial charge in [0.1, 0.15) is 0 Å². The Hall–Kier alpha value is -0.861. The van der Waals surface area contributed by atoms with Crippen molar-refractivity contribution < 1.29 is 13.9 Å². The van der Waals surface area contributed by atoms with Crippen LogP contribution in [0.5, 0.6) is 0 Å². The first-order chi connectivity index (χ1) is 7.12. The number of alkyl halides is 1. The van der Waals surface area contributed by atoms with Crippen LogP contribution in [0.1, 0.15) is 6.92 Å². The van der Waals surface area contributed by atoms with Crippen LogP contribution >= 0.6 is 0 Å². The van der Waals surface area contributed by atoms with Gasteiger partial charge in [-0.15, -0.1) is 0 Å². The monoisotopic (exact) mass is 276 g/mol. The third-order valence-corrected chi connectivity index (χ3v) is 4.55. The zero-order chi connectivity index (χ0) is 11.3. The van der Waals surface area contributed by atoms with E-state index in [-0.39, 0.29) is 15.0 Å². The number of carbonyl (C=O) groups excluding carboxylic acids is 1. The molecule has 0 spiro atoms. The Morgan fingerprint density at radius 3 is 2.53 bits per heavy atom. The van der Waals surface area contributed by atoms with Gasteiger partial charge in [-0.25, -0.2) is 0 Å². The molecule has 0 saturated carbocycles. The van der Waals surface area contributed by atoms with Crippen molar-refractivity contribution in [1.82, 2.24) is 0 Å². The van der Waals surface area contributed by atoms with Crippen LogP contribution in [0, 0.1) is 0 Å². The summed E-state index contributed by atoms with van der Waals surface area (Å²) in [7, 11) is 1.29. The van der Waals surface area contributed by atoms with Crippen LogP contribution in [-0.2, 0) is 9.53 Å². The molecule has 0 fully saturated rings. The molecule has 1 aromatic rings. The first-order valence-electron chi connectivity index (χ1n) is 4.51. The summed E-state index contributed by atoms with van der Waals surface area (Å²) in [6, 6.07) is 9.46. The van der Waals surface area contributed by atoms with Crippen molar-refractivity contribution in [2.45, 2.75) is 11.2 Å². The summed E-state index contributed by atoms with van der Waals surface area (Å²) in [5.74, 6) is -0.478. The number of esters is 1. The SMILES string of the molecule is COC(=O)C(C)(CF)[Se]c1ccccc1. The molecule has 0 N–H and O–H groups in total. The van der Waals surface area contributed by atoms with Crippen molar-refractivity contribution in [1.29, 1.82) is 0 Å². The predicted octanol–water partition coefficient (Wildman–Crippen LogP) is 1.34. The normalized spacial score (nSPS) is 14.3. The summed E-state index contributed by atoms with van der Waals surface area (Å²) in [6.07, 6.45) is 0. The van der Waals surface area contributed by atoms with E-state index < -0.39 is 17.0 Å². The summed E-state index contributed by atoms with van der Waals surface area (Å²) in [4.78, 5) is 11.4. The number of halogens is 1. The number of methoxy groups -OCH3 is 1. The van der Waals surface area contributed by atoms with E-state index in [1.165, 1.54) is 7.11 Å². The van der Waals surface area contributed by atoms with Crippen molar-refractivity contribution in [3.8, 4) is 0 Å². The van der Waals surface area contributed by atoms with Gasteiger partial charge in [-0.05, 0) is 0 Å². The number of carbonyl (C=O) groups is 1. The van der Waals surface area contributed by atoms with Crippen molar-refractivity contribution in [3.63, 3.8) is 0 Å². The molecule has 0 saturated heterocycles. The standard InChI is InChI=1S/C11H13FO2Se/c1-11(8-12,10(13)14-2)15-9-6-4-3-5-7-9/h3-7H,8H2,1-2H3. The van der Waals surface area contributed by atoms with Gasteiger partial charge in [-0.1, -0.05) is 0 Å². The molecule has 0 aliphatic heterocycles. The van der Waals surface area contributed by atoms with Crippen LogP contribution in [0.2, 0.25) is 4.31 Å². The van der Waals surface area contributed by atoms with Gasteiger partial charge >= 0.3 is 94.7 Å². The molecule has 1 rings (SSSR count). The van der Waals surface area contributed by atoms with Crippen LogP contribution in [-0.4, -0.2) is 34.7 Å². The van der Waals surface area contributed by atoms with Crippen LogP contribution in [0.25, 0.3) is 0 Å². The summed E-state index contributed by atoms with van der Waals surface area (Å²) in [5, 5.41) is 0. The zero-order valence-electron chi connectivity index (χ0n) is 8.70. The topological polar surface area (TPSA) is 26.3 Å². The molecule has 1 atom stereocenters. The molecule has 0 aliphatic carbocycles. The van der Waals surface area contributed by atoms with Gasteiger partial charge in [-0.2, -0.15) is 0 Å². The quantitative estimate of drug-likeness (QED) is 0.612.